The molecule has 2 aromatic heterocycles. The number of amides is 1. The number of piperidine rings is 1. The van der Waals surface area contributed by atoms with Crippen molar-refractivity contribution in [2.45, 2.75) is 46.1 Å². The molecular weight excluding hydrogens is 371 g/mol. The summed E-state index contributed by atoms with van der Waals surface area (Å²) in [6.45, 7) is 6.28. The Balaban J connectivity index is 1.72. The van der Waals surface area contributed by atoms with Crippen molar-refractivity contribution in [1.29, 1.82) is 0 Å². The number of nitrogens with zero attached hydrogens (tertiary/aromatic N) is 4. The maximum atomic E-state index is 13.3. The van der Waals surface area contributed by atoms with Gasteiger partial charge in [-0.2, -0.15) is 0 Å². The average Bonchev–Trinajstić information content (AvgIpc) is 3.05. The van der Waals surface area contributed by atoms with Crippen LogP contribution in [0.1, 0.15) is 58.6 Å². The van der Waals surface area contributed by atoms with Crippen molar-refractivity contribution in [1.82, 2.24) is 20.0 Å². The molecule has 0 spiro atoms. The maximum Gasteiger partial charge on any atom is 0.254 e. The van der Waals surface area contributed by atoms with Crippen molar-refractivity contribution in [3.05, 3.63) is 64.7 Å². The molecule has 3 heterocycles. The van der Waals surface area contributed by atoms with E-state index < -0.39 is 0 Å². The number of hydrogen-bond acceptors (Lipinski definition) is 5. The molecule has 0 radical (unpaired) electrons. The Bertz CT molecular complexity index is 1030. The third kappa shape index (κ3) is 3.77. The quantitative estimate of drug-likeness (QED) is 0.651. The number of aromatic nitrogens is 3. The molecule has 0 unspecified atom stereocenters. The molecule has 3 aromatic rings. The summed E-state index contributed by atoms with van der Waals surface area (Å²) in [6, 6.07) is 7.35. The SMILES string of the molecule is Cc1cc(-c2c(C)noc2C)nc([C@@H]2CCCCN2C(=O)c2ccc(F)cc2)n1. The van der Waals surface area contributed by atoms with Gasteiger partial charge in [0.2, 0.25) is 0 Å². The summed E-state index contributed by atoms with van der Waals surface area (Å²) in [5.74, 6) is 0.839. The van der Waals surface area contributed by atoms with E-state index in [0.717, 1.165) is 41.9 Å². The minimum atomic E-state index is -0.358. The van der Waals surface area contributed by atoms with Crippen LogP contribution in [0.15, 0.2) is 34.9 Å². The first kappa shape index (κ1) is 19.2. The van der Waals surface area contributed by atoms with Crippen molar-refractivity contribution < 1.29 is 13.7 Å². The van der Waals surface area contributed by atoms with Crippen molar-refractivity contribution in [3.8, 4) is 11.3 Å². The largest absolute Gasteiger partial charge is 0.361 e. The van der Waals surface area contributed by atoms with Gasteiger partial charge in [-0.05, 0) is 70.4 Å². The molecule has 1 aliphatic rings. The Hall–Kier alpha value is -3.09. The van der Waals surface area contributed by atoms with Crippen LogP contribution in [0.5, 0.6) is 0 Å². The summed E-state index contributed by atoms with van der Waals surface area (Å²) < 4.78 is 18.6. The minimum Gasteiger partial charge on any atom is -0.361 e. The van der Waals surface area contributed by atoms with E-state index in [1.807, 2.05) is 31.7 Å². The van der Waals surface area contributed by atoms with Gasteiger partial charge >= 0.3 is 0 Å². The zero-order valence-electron chi connectivity index (χ0n) is 16.8. The second-order valence-corrected chi connectivity index (χ2v) is 7.47. The lowest BCUT2D eigenvalue weighted by molar-refractivity contribution is 0.0599. The van der Waals surface area contributed by atoms with Crippen molar-refractivity contribution >= 4 is 5.91 Å². The van der Waals surface area contributed by atoms with Gasteiger partial charge in [0.05, 0.1) is 23.0 Å². The number of aryl methyl sites for hydroxylation is 3. The number of hydrogen-bond donors (Lipinski definition) is 0. The van der Waals surface area contributed by atoms with Crippen molar-refractivity contribution in [2.24, 2.45) is 0 Å². The van der Waals surface area contributed by atoms with Crippen molar-refractivity contribution in [2.75, 3.05) is 6.54 Å². The Kier molecular flexibility index (Phi) is 5.13. The molecule has 1 aromatic carbocycles. The molecule has 0 saturated carbocycles. The number of halogens is 1. The van der Waals surface area contributed by atoms with Crippen LogP contribution in [0.4, 0.5) is 4.39 Å². The van der Waals surface area contributed by atoms with Crippen LogP contribution in [-0.4, -0.2) is 32.5 Å². The van der Waals surface area contributed by atoms with Gasteiger partial charge in [-0.15, -0.1) is 0 Å². The lowest BCUT2D eigenvalue weighted by Gasteiger charge is -2.35. The second kappa shape index (κ2) is 7.73. The van der Waals surface area contributed by atoms with E-state index in [-0.39, 0.29) is 17.8 Å². The molecule has 0 bridgehead atoms. The van der Waals surface area contributed by atoms with Gasteiger partial charge in [-0.1, -0.05) is 5.16 Å². The Morgan fingerprint density at radius 3 is 2.59 bits per heavy atom. The molecule has 1 atom stereocenters. The van der Waals surface area contributed by atoms with E-state index in [4.69, 9.17) is 9.51 Å². The van der Waals surface area contributed by atoms with Crippen molar-refractivity contribution in [3.63, 3.8) is 0 Å². The lowest BCUT2D eigenvalue weighted by atomic mass is 9.99. The fourth-order valence-corrected chi connectivity index (χ4v) is 3.92. The van der Waals surface area contributed by atoms with E-state index >= 15 is 0 Å². The maximum absolute atomic E-state index is 13.3. The molecule has 0 N–H and O–H groups in total. The lowest BCUT2D eigenvalue weighted by Crippen LogP contribution is -2.39. The third-order valence-corrected chi connectivity index (χ3v) is 5.31. The van der Waals surface area contributed by atoms with E-state index in [9.17, 15) is 9.18 Å². The predicted octanol–water partition coefficient (Wildman–Crippen LogP) is 4.56. The second-order valence-electron chi connectivity index (χ2n) is 7.47. The van der Waals surface area contributed by atoms with Gasteiger partial charge in [-0.25, -0.2) is 14.4 Å². The molecule has 6 nitrogen and oxygen atoms in total. The number of likely N-dealkylation sites (tertiary alicyclic amines) is 1. The Morgan fingerprint density at radius 1 is 1.14 bits per heavy atom. The molecular formula is C22H23FN4O2. The number of benzene rings is 1. The van der Waals surface area contributed by atoms with E-state index in [1.54, 1.807) is 0 Å². The van der Waals surface area contributed by atoms with Gasteiger partial charge in [0.25, 0.3) is 5.91 Å². The Morgan fingerprint density at radius 2 is 1.90 bits per heavy atom. The molecule has 1 aliphatic heterocycles. The highest BCUT2D eigenvalue weighted by molar-refractivity contribution is 5.94. The van der Waals surface area contributed by atoms with Crippen LogP contribution in [0.2, 0.25) is 0 Å². The highest BCUT2D eigenvalue weighted by Gasteiger charge is 2.31. The monoisotopic (exact) mass is 394 g/mol. The highest BCUT2D eigenvalue weighted by atomic mass is 19.1. The van der Waals surface area contributed by atoms with Gasteiger partial charge in [0.15, 0.2) is 5.82 Å². The molecule has 1 amide bonds. The van der Waals surface area contributed by atoms with Gasteiger partial charge in [0.1, 0.15) is 11.6 Å². The van der Waals surface area contributed by atoms with Crippen LogP contribution in [0.25, 0.3) is 11.3 Å². The topological polar surface area (TPSA) is 72.1 Å². The molecule has 1 saturated heterocycles. The fourth-order valence-electron chi connectivity index (χ4n) is 3.92. The first-order valence-corrected chi connectivity index (χ1v) is 9.79. The highest BCUT2D eigenvalue weighted by Crippen LogP contribution is 2.33. The summed E-state index contributed by atoms with van der Waals surface area (Å²) in [7, 11) is 0. The number of rotatable bonds is 3. The van der Waals surface area contributed by atoms with Crippen LogP contribution in [0.3, 0.4) is 0 Å². The molecule has 7 heteroatoms. The minimum absolute atomic E-state index is 0.126. The number of carbonyl (C=O) groups excluding carboxylic acids is 1. The molecule has 0 aliphatic carbocycles. The van der Waals surface area contributed by atoms with Gasteiger partial charge < -0.3 is 9.42 Å². The summed E-state index contributed by atoms with van der Waals surface area (Å²) in [5.41, 5.74) is 3.68. The summed E-state index contributed by atoms with van der Waals surface area (Å²) in [5, 5.41) is 4.02. The van der Waals surface area contributed by atoms with Crippen LogP contribution < -0.4 is 0 Å². The standard InChI is InChI=1S/C22H23FN4O2/c1-13-12-18(20-14(2)26-29-15(20)3)25-21(24-13)19-6-4-5-11-27(19)22(28)16-7-9-17(23)10-8-16/h7-10,12,19H,4-6,11H2,1-3H3/t19-/m0/s1. The number of carbonyl (C=O) groups is 1. The van der Waals surface area contributed by atoms with Crippen LogP contribution in [-0.2, 0) is 0 Å². The summed E-state index contributed by atoms with van der Waals surface area (Å²) >= 11 is 0. The van der Waals surface area contributed by atoms with E-state index in [0.29, 0.717) is 23.7 Å². The molecule has 4 rings (SSSR count). The van der Waals surface area contributed by atoms with Crippen LogP contribution in [0, 0.1) is 26.6 Å². The van der Waals surface area contributed by atoms with E-state index in [1.165, 1.54) is 24.3 Å². The van der Waals surface area contributed by atoms with Crippen LogP contribution >= 0.6 is 0 Å². The normalized spacial score (nSPS) is 16.8. The smallest absolute Gasteiger partial charge is 0.254 e. The summed E-state index contributed by atoms with van der Waals surface area (Å²) in [6.07, 6.45) is 2.71. The fraction of sp³-hybridized carbons (Fsp3) is 0.364. The van der Waals surface area contributed by atoms with E-state index in [2.05, 4.69) is 10.1 Å². The molecule has 150 valence electrons. The molecule has 29 heavy (non-hydrogen) atoms. The zero-order valence-corrected chi connectivity index (χ0v) is 16.8. The first-order valence-electron chi connectivity index (χ1n) is 9.79. The van der Waals surface area contributed by atoms with Gasteiger partial charge in [-0.3, -0.25) is 4.79 Å². The third-order valence-electron chi connectivity index (χ3n) is 5.31. The Labute approximate surface area is 168 Å². The zero-order chi connectivity index (χ0) is 20.5. The average molecular weight is 394 g/mol. The first-order chi connectivity index (χ1) is 13.9. The predicted molar refractivity (Wildman–Crippen MR) is 106 cm³/mol. The molecule has 1 fully saturated rings. The summed E-state index contributed by atoms with van der Waals surface area (Å²) in [4.78, 5) is 24.4. The van der Waals surface area contributed by atoms with Gasteiger partial charge in [0, 0.05) is 17.8 Å².